The van der Waals surface area contributed by atoms with Gasteiger partial charge >= 0.3 is 0 Å². The number of aryl methyl sites for hydroxylation is 1. The lowest BCUT2D eigenvalue weighted by Crippen LogP contribution is -2.47. The second-order valence-corrected chi connectivity index (χ2v) is 7.61. The van der Waals surface area contributed by atoms with Crippen LogP contribution in [0.3, 0.4) is 0 Å². The number of carbonyl (C=O) groups is 1. The maximum Gasteiger partial charge on any atom is 0.294 e. The number of benzene rings is 2. The van der Waals surface area contributed by atoms with Gasteiger partial charge in [-0.05, 0) is 50.7 Å². The van der Waals surface area contributed by atoms with E-state index >= 15 is 0 Å². The third-order valence-corrected chi connectivity index (χ3v) is 5.81. The summed E-state index contributed by atoms with van der Waals surface area (Å²) in [5, 5.41) is 0.971. The number of hydrogen-bond acceptors (Lipinski definition) is 3. The molecular formula is C22H22N2O2. The number of anilines is 1. The monoisotopic (exact) mass is 346 g/mol. The predicted molar refractivity (Wildman–Crippen MR) is 103 cm³/mol. The average Bonchev–Trinajstić information content (AvgIpc) is 3.20. The van der Waals surface area contributed by atoms with E-state index in [9.17, 15) is 4.79 Å². The normalized spacial score (nSPS) is 22.5. The largest absolute Gasteiger partial charge is 0.451 e. The van der Waals surface area contributed by atoms with E-state index in [1.165, 1.54) is 11.1 Å². The molecule has 1 aromatic heterocycles. The van der Waals surface area contributed by atoms with E-state index in [1.54, 1.807) is 0 Å². The van der Waals surface area contributed by atoms with E-state index in [0.717, 1.165) is 36.2 Å². The summed E-state index contributed by atoms with van der Waals surface area (Å²) in [5.41, 5.74) is 4.35. The molecule has 26 heavy (non-hydrogen) atoms. The van der Waals surface area contributed by atoms with Gasteiger partial charge in [-0.15, -0.1) is 0 Å². The Morgan fingerprint density at radius 2 is 2.00 bits per heavy atom. The molecule has 1 amide bonds. The van der Waals surface area contributed by atoms with Crippen molar-refractivity contribution < 1.29 is 9.21 Å². The summed E-state index contributed by atoms with van der Waals surface area (Å²) in [5.74, 6) is 0.776. The SMILES string of the molecule is Cc1ccc2c(c1)C1CN(C)CCC1N2C(=O)c1cc2ccccc2o1. The van der Waals surface area contributed by atoms with Crippen LogP contribution in [0.25, 0.3) is 11.0 Å². The molecule has 0 N–H and O–H groups in total. The Bertz CT molecular complexity index is 973. The molecule has 0 aliphatic carbocycles. The number of likely N-dealkylation sites (tertiary alicyclic amines) is 1. The van der Waals surface area contributed by atoms with Crippen LogP contribution in [0.1, 0.15) is 34.0 Å². The first-order valence-corrected chi connectivity index (χ1v) is 9.23. The highest BCUT2D eigenvalue weighted by Crippen LogP contribution is 2.45. The molecule has 2 aliphatic heterocycles. The first kappa shape index (κ1) is 15.6. The molecule has 2 aliphatic rings. The van der Waals surface area contributed by atoms with E-state index in [4.69, 9.17) is 4.42 Å². The molecule has 1 saturated heterocycles. The Kier molecular flexibility index (Phi) is 3.44. The Labute approximate surface area is 153 Å². The minimum Gasteiger partial charge on any atom is -0.451 e. The fourth-order valence-corrected chi connectivity index (χ4v) is 4.55. The van der Waals surface area contributed by atoms with Gasteiger partial charge in [0.2, 0.25) is 0 Å². The topological polar surface area (TPSA) is 36.7 Å². The van der Waals surface area contributed by atoms with Gasteiger partial charge in [0.25, 0.3) is 5.91 Å². The Morgan fingerprint density at radius 1 is 1.15 bits per heavy atom. The van der Waals surface area contributed by atoms with Crippen LogP contribution < -0.4 is 4.90 Å². The second-order valence-electron chi connectivity index (χ2n) is 7.61. The Hall–Kier alpha value is -2.59. The van der Waals surface area contributed by atoms with Crippen LogP contribution in [0.5, 0.6) is 0 Å². The number of carbonyl (C=O) groups excluding carboxylic acids is 1. The zero-order chi connectivity index (χ0) is 17.8. The number of para-hydroxylation sites is 1. The average molecular weight is 346 g/mol. The summed E-state index contributed by atoms with van der Waals surface area (Å²) in [6.45, 7) is 4.12. The highest BCUT2D eigenvalue weighted by atomic mass is 16.3. The molecule has 132 valence electrons. The number of rotatable bonds is 1. The lowest BCUT2D eigenvalue weighted by Gasteiger charge is -2.36. The number of nitrogens with zero attached hydrogens (tertiary/aromatic N) is 2. The number of fused-ring (bicyclic) bond motifs is 4. The molecule has 0 spiro atoms. The first-order chi connectivity index (χ1) is 12.6. The maximum atomic E-state index is 13.4. The zero-order valence-electron chi connectivity index (χ0n) is 15.1. The van der Waals surface area contributed by atoms with Crippen LogP contribution in [-0.2, 0) is 0 Å². The molecule has 0 bridgehead atoms. The van der Waals surface area contributed by atoms with Crippen molar-refractivity contribution in [3.8, 4) is 0 Å². The fourth-order valence-electron chi connectivity index (χ4n) is 4.55. The van der Waals surface area contributed by atoms with Crippen molar-refractivity contribution in [3.05, 3.63) is 65.4 Å². The molecule has 4 nitrogen and oxygen atoms in total. The zero-order valence-corrected chi connectivity index (χ0v) is 15.1. The minimum atomic E-state index is -0.0247. The highest BCUT2D eigenvalue weighted by Gasteiger charge is 2.44. The molecule has 3 heterocycles. The van der Waals surface area contributed by atoms with Gasteiger partial charge in [0, 0.05) is 29.6 Å². The Morgan fingerprint density at radius 3 is 2.85 bits per heavy atom. The van der Waals surface area contributed by atoms with Gasteiger partial charge in [0.1, 0.15) is 5.58 Å². The number of likely N-dealkylation sites (N-methyl/N-ethyl adjacent to an activating group) is 1. The summed E-state index contributed by atoms with van der Waals surface area (Å²) < 4.78 is 5.88. The second kappa shape index (κ2) is 5.71. The predicted octanol–water partition coefficient (Wildman–Crippen LogP) is 4.19. The van der Waals surface area contributed by atoms with Crippen molar-refractivity contribution in [2.24, 2.45) is 0 Å². The number of amides is 1. The molecule has 4 heteroatoms. The van der Waals surface area contributed by atoms with Crippen LogP contribution in [-0.4, -0.2) is 37.0 Å². The van der Waals surface area contributed by atoms with Crippen molar-refractivity contribution in [2.75, 3.05) is 25.0 Å². The molecule has 1 fully saturated rings. The molecule has 0 saturated carbocycles. The van der Waals surface area contributed by atoms with Crippen molar-refractivity contribution in [3.63, 3.8) is 0 Å². The maximum absolute atomic E-state index is 13.4. The van der Waals surface area contributed by atoms with E-state index in [-0.39, 0.29) is 11.9 Å². The fraction of sp³-hybridized carbons (Fsp3) is 0.318. The molecule has 0 radical (unpaired) electrons. The van der Waals surface area contributed by atoms with Crippen LogP contribution in [0.4, 0.5) is 5.69 Å². The van der Waals surface area contributed by atoms with Crippen LogP contribution in [0.2, 0.25) is 0 Å². The van der Waals surface area contributed by atoms with E-state index in [0.29, 0.717) is 11.7 Å². The number of piperidine rings is 1. The van der Waals surface area contributed by atoms with Gasteiger partial charge < -0.3 is 14.2 Å². The standard InChI is InChI=1S/C22H22N2O2/c1-14-7-8-18-16(11-14)17-13-23(2)10-9-19(17)24(18)22(25)21-12-15-5-3-4-6-20(15)26-21/h3-8,11-12,17,19H,9-10,13H2,1-2H3. The van der Waals surface area contributed by atoms with Crippen molar-refractivity contribution >= 4 is 22.6 Å². The first-order valence-electron chi connectivity index (χ1n) is 9.23. The lowest BCUT2D eigenvalue weighted by molar-refractivity contribution is 0.0940. The van der Waals surface area contributed by atoms with Crippen molar-refractivity contribution in [1.82, 2.24) is 4.90 Å². The Balaban J connectivity index is 1.60. The van der Waals surface area contributed by atoms with Crippen molar-refractivity contribution in [1.29, 1.82) is 0 Å². The van der Waals surface area contributed by atoms with E-state index in [2.05, 4.69) is 37.1 Å². The molecule has 3 aromatic rings. The summed E-state index contributed by atoms with van der Waals surface area (Å²) >= 11 is 0. The summed E-state index contributed by atoms with van der Waals surface area (Å²) in [6.07, 6.45) is 0.987. The molecular weight excluding hydrogens is 324 g/mol. The number of furan rings is 1. The molecule has 5 rings (SSSR count). The van der Waals surface area contributed by atoms with Crippen molar-refractivity contribution in [2.45, 2.75) is 25.3 Å². The van der Waals surface area contributed by atoms with Gasteiger partial charge in [-0.2, -0.15) is 0 Å². The van der Waals surface area contributed by atoms with Gasteiger partial charge in [0.05, 0.1) is 0 Å². The van der Waals surface area contributed by atoms with Gasteiger partial charge in [-0.1, -0.05) is 35.9 Å². The summed E-state index contributed by atoms with van der Waals surface area (Å²) in [4.78, 5) is 17.8. The van der Waals surface area contributed by atoms with Gasteiger partial charge in [0.15, 0.2) is 5.76 Å². The van der Waals surface area contributed by atoms with Gasteiger partial charge in [-0.3, -0.25) is 4.79 Å². The number of hydrogen-bond donors (Lipinski definition) is 0. The minimum absolute atomic E-state index is 0.0247. The third-order valence-electron chi connectivity index (χ3n) is 5.81. The quantitative estimate of drug-likeness (QED) is 0.663. The third kappa shape index (κ3) is 2.29. The summed E-state index contributed by atoms with van der Waals surface area (Å²) in [6, 6.07) is 16.3. The molecule has 2 unspecified atom stereocenters. The van der Waals surface area contributed by atoms with Crippen LogP contribution >= 0.6 is 0 Å². The van der Waals surface area contributed by atoms with Gasteiger partial charge in [-0.25, -0.2) is 0 Å². The lowest BCUT2D eigenvalue weighted by atomic mass is 9.89. The molecule has 2 atom stereocenters. The van der Waals surface area contributed by atoms with Crippen LogP contribution in [0.15, 0.2) is 52.9 Å². The van der Waals surface area contributed by atoms with E-state index in [1.807, 2.05) is 35.2 Å². The summed E-state index contributed by atoms with van der Waals surface area (Å²) in [7, 11) is 2.16. The van der Waals surface area contributed by atoms with Crippen LogP contribution in [0, 0.1) is 6.92 Å². The van der Waals surface area contributed by atoms with E-state index < -0.39 is 0 Å². The highest BCUT2D eigenvalue weighted by molar-refractivity contribution is 6.08. The molecule has 2 aromatic carbocycles. The smallest absolute Gasteiger partial charge is 0.294 e.